The van der Waals surface area contributed by atoms with E-state index in [1.165, 1.54) is 55.3 Å². The summed E-state index contributed by atoms with van der Waals surface area (Å²) in [5.74, 6) is 0. The maximum absolute atomic E-state index is 6.56. The first-order valence-corrected chi connectivity index (χ1v) is 19.8. The molecule has 0 radical (unpaired) electrons. The largest absolute Gasteiger partial charge is 0.456 e. The summed E-state index contributed by atoms with van der Waals surface area (Å²) in [7, 11) is 0. The molecule has 1 aliphatic rings. The molecule has 2 nitrogen and oxygen atoms in total. The summed E-state index contributed by atoms with van der Waals surface area (Å²) >= 11 is 0. The van der Waals surface area contributed by atoms with Crippen molar-refractivity contribution in [2.45, 2.75) is 19.3 Å². The standard InChI is InChI=1S/C55H39NO/c1-55(2)48-18-10-8-16-45(48)46-31-30-44(35-49(46)55)56(43-28-26-38(27-29-43)36-12-4-3-5-13-36)50-32-33-52-54(47-17-9-11-19-51(47)57-52)53(50)40-23-20-39(21-24-40)42-25-22-37-14-6-7-15-41(37)34-42/h3-35H,1-2H3. The van der Waals surface area contributed by atoms with Crippen molar-refractivity contribution in [1.29, 1.82) is 0 Å². The fraction of sp³-hybridized carbons (Fsp3) is 0.0545. The van der Waals surface area contributed by atoms with Crippen LogP contribution in [0, 0.1) is 0 Å². The van der Waals surface area contributed by atoms with Crippen LogP contribution in [0.4, 0.5) is 17.1 Å². The molecule has 270 valence electrons. The number of benzene rings is 9. The van der Waals surface area contributed by atoms with Crippen LogP contribution in [0.3, 0.4) is 0 Å². The van der Waals surface area contributed by atoms with Crippen LogP contribution in [-0.4, -0.2) is 0 Å². The zero-order valence-corrected chi connectivity index (χ0v) is 31.9. The van der Waals surface area contributed by atoms with Crippen molar-refractivity contribution in [2.24, 2.45) is 0 Å². The predicted octanol–water partition coefficient (Wildman–Crippen LogP) is 15.5. The first kappa shape index (κ1) is 33.2. The van der Waals surface area contributed by atoms with E-state index in [-0.39, 0.29) is 5.41 Å². The highest BCUT2D eigenvalue weighted by molar-refractivity contribution is 6.16. The second kappa shape index (κ2) is 13.0. The topological polar surface area (TPSA) is 16.4 Å². The molecule has 57 heavy (non-hydrogen) atoms. The van der Waals surface area contributed by atoms with Crippen LogP contribution in [0.5, 0.6) is 0 Å². The average Bonchev–Trinajstić information content (AvgIpc) is 3.76. The molecule has 11 rings (SSSR count). The Morgan fingerprint density at radius 3 is 1.86 bits per heavy atom. The summed E-state index contributed by atoms with van der Waals surface area (Å²) in [6, 6.07) is 72.7. The highest BCUT2D eigenvalue weighted by Crippen LogP contribution is 2.52. The van der Waals surface area contributed by atoms with Gasteiger partial charge in [-0.1, -0.05) is 166 Å². The van der Waals surface area contributed by atoms with Crippen LogP contribution in [0.2, 0.25) is 0 Å². The van der Waals surface area contributed by atoms with E-state index in [2.05, 4.69) is 219 Å². The van der Waals surface area contributed by atoms with Gasteiger partial charge in [0, 0.05) is 33.1 Å². The summed E-state index contributed by atoms with van der Waals surface area (Å²) in [5.41, 5.74) is 17.3. The highest BCUT2D eigenvalue weighted by Gasteiger charge is 2.36. The fourth-order valence-corrected chi connectivity index (χ4v) is 9.17. The van der Waals surface area contributed by atoms with Crippen LogP contribution in [0.25, 0.3) is 77.2 Å². The number of rotatable bonds is 6. The Hall–Kier alpha value is -7.16. The van der Waals surface area contributed by atoms with Gasteiger partial charge in [-0.15, -0.1) is 0 Å². The van der Waals surface area contributed by atoms with Crippen LogP contribution in [-0.2, 0) is 5.41 Å². The minimum absolute atomic E-state index is 0.142. The zero-order valence-electron chi connectivity index (χ0n) is 31.9. The Morgan fingerprint density at radius 2 is 1.02 bits per heavy atom. The van der Waals surface area contributed by atoms with Crippen molar-refractivity contribution in [3.05, 3.63) is 211 Å². The van der Waals surface area contributed by atoms with E-state index < -0.39 is 0 Å². The van der Waals surface area contributed by atoms with Gasteiger partial charge < -0.3 is 9.32 Å². The SMILES string of the molecule is CC1(C)c2ccccc2-c2ccc(N(c3ccc(-c4ccccc4)cc3)c3ccc4oc5ccccc5c4c3-c3ccc(-c4ccc5ccccc5c4)cc3)cc21. The predicted molar refractivity (Wildman–Crippen MR) is 240 cm³/mol. The normalized spacial score (nSPS) is 12.9. The third kappa shape index (κ3) is 5.40. The smallest absolute Gasteiger partial charge is 0.136 e. The third-order valence-electron chi connectivity index (χ3n) is 12.1. The number of hydrogen-bond donors (Lipinski definition) is 0. The molecule has 1 heterocycles. The van der Waals surface area contributed by atoms with Crippen molar-refractivity contribution < 1.29 is 4.42 Å². The molecular weight excluding hydrogens is 691 g/mol. The molecule has 2 heteroatoms. The molecule has 1 aliphatic carbocycles. The Labute approximate surface area is 332 Å². The lowest BCUT2D eigenvalue weighted by Crippen LogP contribution is -2.17. The summed E-state index contributed by atoms with van der Waals surface area (Å²) < 4.78 is 6.56. The van der Waals surface area contributed by atoms with E-state index >= 15 is 0 Å². The maximum atomic E-state index is 6.56. The van der Waals surface area contributed by atoms with E-state index in [0.717, 1.165) is 50.1 Å². The first-order chi connectivity index (χ1) is 28.0. The zero-order chi connectivity index (χ0) is 38.1. The number of fused-ring (bicyclic) bond motifs is 7. The number of hydrogen-bond acceptors (Lipinski definition) is 2. The highest BCUT2D eigenvalue weighted by atomic mass is 16.3. The molecule has 0 saturated carbocycles. The van der Waals surface area contributed by atoms with Gasteiger partial charge in [0.1, 0.15) is 11.2 Å². The molecule has 10 aromatic rings. The third-order valence-corrected chi connectivity index (χ3v) is 12.1. The molecule has 0 unspecified atom stereocenters. The first-order valence-electron chi connectivity index (χ1n) is 19.8. The molecule has 0 saturated heterocycles. The lowest BCUT2D eigenvalue weighted by Gasteiger charge is -2.30. The molecule has 0 spiro atoms. The van der Waals surface area contributed by atoms with Crippen molar-refractivity contribution in [2.75, 3.05) is 4.90 Å². The monoisotopic (exact) mass is 729 g/mol. The van der Waals surface area contributed by atoms with Gasteiger partial charge in [-0.05, 0) is 109 Å². The molecular formula is C55H39NO. The summed E-state index contributed by atoms with van der Waals surface area (Å²) in [6.07, 6.45) is 0. The van der Waals surface area contributed by atoms with Gasteiger partial charge in [-0.2, -0.15) is 0 Å². The molecule has 0 amide bonds. The summed E-state index contributed by atoms with van der Waals surface area (Å²) in [4.78, 5) is 2.45. The van der Waals surface area contributed by atoms with Gasteiger partial charge in [0.25, 0.3) is 0 Å². The van der Waals surface area contributed by atoms with Crippen LogP contribution < -0.4 is 4.90 Å². The fourth-order valence-electron chi connectivity index (χ4n) is 9.17. The van der Waals surface area contributed by atoms with Gasteiger partial charge in [-0.3, -0.25) is 0 Å². The Balaban J connectivity index is 1.14. The number of anilines is 3. The van der Waals surface area contributed by atoms with Crippen molar-refractivity contribution >= 4 is 49.8 Å². The summed E-state index contributed by atoms with van der Waals surface area (Å²) in [5, 5.41) is 4.71. The molecule has 0 fully saturated rings. The van der Waals surface area contributed by atoms with E-state index in [9.17, 15) is 0 Å². The molecule has 1 aromatic heterocycles. The summed E-state index contributed by atoms with van der Waals surface area (Å²) in [6.45, 7) is 4.71. The van der Waals surface area contributed by atoms with E-state index in [4.69, 9.17) is 4.42 Å². The van der Waals surface area contributed by atoms with Gasteiger partial charge in [0.2, 0.25) is 0 Å². The van der Waals surface area contributed by atoms with Gasteiger partial charge >= 0.3 is 0 Å². The lowest BCUT2D eigenvalue weighted by atomic mass is 9.82. The van der Waals surface area contributed by atoms with E-state index in [0.29, 0.717) is 0 Å². The van der Waals surface area contributed by atoms with Crippen LogP contribution in [0.15, 0.2) is 205 Å². The molecule has 0 aliphatic heterocycles. The van der Waals surface area contributed by atoms with Crippen LogP contribution >= 0.6 is 0 Å². The Morgan fingerprint density at radius 1 is 0.404 bits per heavy atom. The molecule has 0 N–H and O–H groups in total. The Kier molecular flexibility index (Phi) is 7.55. The van der Waals surface area contributed by atoms with Gasteiger partial charge in [0.15, 0.2) is 0 Å². The van der Waals surface area contributed by atoms with Crippen LogP contribution in [0.1, 0.15) is 25.0 Å². The van der Waals surface area contributed by atoms with Gasteiger partial charge in [-0.25, -0.2) is 0 Å². The Bertz CT molecular complexity index is 3130. The molecule has 0 atom stereocenters. The second-order valence-electron chi connectivity index (χ2n) is 15.7. The quantitative estimate of drug-likeness (QED) is 0.169. The van der Waals surface area contributed by atoms with E-state index in [1.54, 1.807) is 0 Å². The molecule has 9 aromatic carbocycles. The second-order valence-corrected chi connectivity index (χ2v) is 15.7. The van der Waals surface area contributed by atoms with Crippen molar-refractivity contribution in [1.82, 2.24) is 0 Å². The number of para-hydroxylation sites is 1. The molecule has 0 bridgehead atoms. The minimum Gasteiger partial charge on any atom is -0.456 e. The van der Waals surface area contributed by atoms with Crippen molar-refractivity contribution in [3.8, 4) is 44.5 Å². The maximum Gasteiger partial charge on any atom is 0.136 e. The van der Waals surface area contributed by atoms with Crippen molar-refractivity contribution in [3.63, 3.8) is 0 Å². The minimum atomic E-state index is -0.142. The van der Waals surface area contributed by atoms with E-state index in [1.807, 2.05) is 0 Å². The van der Waals surface area contributed by atoms with Gasteiger partial charge in [0.05, 0.1) is 5.69 Å². The number of nitrogens with zero attached hydrogens (tertiary/aromatic N) is 1. The number of furan rings is 1. The lowest BCUT2D eigenvalue weighted by molar-refractivity contribution is 0.660. The average molecular weight is 730 g/mol.